The van der Waals surface area contributed by atoms with Crippen molar-refractivity contribution in [2.75, 3.05) is 6.61 Å². The molecule has 0 aromatic carbocycles. The Morgan fingerprint density at radius 2 is 2.21 bits per heavy atom. The molecule has 0 aliphatic carbocycles. The van der Waals surface area contributed by atoms with E-state index in [1.54, 1.807) is 6.07 Å². The largest absolute Gasteiger partial charge is 0.461 e. The molecule has 0 aliphatic rings. The van der Waals surface area contributed by atoms with Gasteiger partial charge in [0, 0.05) is 6.08 Å². The number of nitrogens with zero attached hydrogens (tertiary/aromatic N) is 1. The van der Waals surface area contributed by atoms with Crippen LogP contribution in [0.5, 0.6) is 0 Å². The van der Waals surface area contributed by atoms with Crippen molar-refractivity contribution in [3.05, 3.63) is 25.0 Å². The van der Waals surface area contributed by atoms with E-state index >= 15 is 0 Å². The van der Waals surface area contributed by atoms with Gasteiger partial charge in [0.15, 0.2) is 0 Å². The number of carbonyl (C=O) groups excluding carboxylic acids is 2. The third-order valence-corrected chi connectivity index (χ3v) is 1.01. The van der Waals surface area contributed by atoms with Crippen LogP contribution in [0.1, 0.15) is 6.42 Å². The number of nitriles is 1. The molecule has 0 saturated carbocycles. The third kappa shape index (κ3) is 6.61. The summed E-state index contributed by atoms with van der Waals surface area (Å²) in [4.78, 5) is 21.1. The van der Waals surface area contributed by atoms with E-state index in [0.717, 1.165) is 12.3 Å². The first kappa shape index (κ1) is 11.9. The lowest BCUT2D eigenvalue weighted by Crippen LogP contribution is -2.02. The number of esters is 2. The molecule has 74 valence electrons. The lowest BCUT2D eigenvalue weighted by molar-refractivity contribution is -0.141. The van der Waals surface area contributed by atoms with Gasteiger partial charge >= 0.3 is 11.9 Å². The molecule has 0 bridgehead atoms. The zero-order chi connectivity index (χ0) is 10.8. The van der Waals surface area contributed by atoms with Crippen molar-refractivity contribution in [3.8, 4) is 6.07 Å². The van der Waals surface area contributed by atoms with Crippen molar-refractivity contribution in [3.63, 3.8) is 0 Å². The second kappa shape index (κ2) is 7.55. The Bertz CT molecular complexity index is 288. The summed E-state index contributed by atoms with van der Waals surface area (Å²) in [6.45, 7) is 3.15. The Kier molecular flexibility index (Phi) is 6.43. The summed E-state index contributed by atoms with van der Waals surface area (Å²) in [7, 11) is 0. The molecule has 0 radical (unpaired) electrons. The average Bonchev–Trinajstić information content (AvgIpc) is 2.17. The van der Waals surface area contributed by atoms with Crippen molar-refractivity contribution in [1.29, 1.82) is 5.26 Å². The van der Waals surface area contributed by atoms with E-state index in [4.69, 9.17) is 5.26 Å². The van der Waals surface area contributed by atoms with E-state index < -0.39 is 11.9 Å². The number of hydrogen-bond donors (Lipinski definition) is 0. The lowest BCUT2D eigenvalue weighted by atomic mass is 10.5. The minimum absolute atomic E-state index is 0.0368. The molecule has 0 spiro atoms. The quantitative estimate of drug-likeness (QED) is 0.366. The Hall–Kier alpha value is -2.09. The van der Waals surface area contributed by atoms with Crippen LogP contribution in [0.4, 0.5) is 0 Å². The molecule has 0 heterocycles. The predicted molar refractivity (Wildman–Crippen MR) is 46.6 cm³/mol. The van der Waals surface area contributed by atoms with Gasteiger partial charge in [-0.15, -0.1) is 0 Å². The molecule has 14 heavy (non-hydrogen) atoms. The number of hydrogen-bond acceptors (Lipinski definition) is 5. The molecule has 0 aromatic rings. The Labute approximate surface area is 81.2 Å². The topological polar surface area (TPSA) is 76.4 Å². The Morgan fingerprint density at radius 1 is 1.50 bits per heavy atom. The maximum Gasteiger partial charge on any atom is 0.334 e. The molecule has 5 heteroatoms. The fraction of sp³-hybridized carbons (Fsp3) is 0.222. The molecule has 0 amide bonds. The number of rotatable bonds is 5. The maximum absolute atomic E-state index is 10.6. The minimum atomic E-state index is -0.618. The first-order valence-corrected chi connectivity index (χ1v) is 3.71. The zero-order valence-electron chi connectivity index (χ0n) is 7.43. The maximum atomic E-state index is 10.6. The summed E-state index contributed by atoms with van der Waals surface area (Å²) in [5.74, 6) is -1.21. The van der Waals surface area contributed by atoms with Crippen LogP contribution in [0, 0.1) is 11.3 Å². The van der Waals surface area contributed by atoms with E-state index in [9.17, 15) is 9.59 Å². The zero-order valence-corrected chi connectivity index (χ0v) is 7.43. The fourth-order valence-electron chi connectivity index (χ4n) is 0.459. The van der Waals surface area contributed by atoms with Crippen molar-refractivity contribution in [2.45, 2.75) is 6.42 Å². The second-order valence-corrected chi connectivity index (χ2v) is 2.03. The van der Waals surface area contributed by atoms with Crippen LogP contribution in [0.15, 0.2) is 25.0 Å². The van der Waals surface area contributed by atoms with E-state index in [-0.39, 0.29) is 13.0 Å². The van der Waals surface area contributed by atoms with Crippen LogP contribution in [0.25, 0.3) is 0 Å². The average molecular weight is 195 g/mol. The Morgan fingerprint density at radius 3 is 2.79 bits per heavy atom. The van der Waals surface area contributed by atoms with E-state index in [0.29, 0.717) is 0 Å². The van der Waals surface area contributed by atoms with Crippen molar-refractivity contribution in [1.82, 2.24) is 0 Å². The number of ether oxygens (including phenoxy) is 2. The van der Waals surface area contributed by atoms with Crippen molar-refractivity contribution in [2.24, 2.45) is 0 Å². The highest BCUT2D eigenvalue weighted by Gasteiger charge is 1.97. The summed E-state index contributed by atoms with van der Waals surface area (Å²) in [6, 6.07) is 1.64. The molecule has 0 saturated heterocycles. The van der Waals surface area contributed by atoms with Gasteiger partial charge in [0.2, 0.25) is 0 Å². The molecule has 0 unspecified atom stereocenters. The lowest BCUT2D eigenvalue weighted by Gasteiger charge is -1.96. The highest BCUT2D eigenvalue weighted by Crippen LogP contribution is 1.86. The highest BCUT2D eigenvalue weighted by molar-refractivity contribution is 5.81. The van der Waals surface area contributed by atoms with E-state index in [1.165, 1.54) is 6.08 Å². The SMILES string of the molecule is C=CC(=O)OC=CCOC(=O)CC#N. The molecule has 5 nitrogen and oxygen atoms in total. The van der Waals surface area contributed by atoms with Gasteiger partial charge in [-0.3, -0.25) is 4.79 Å². The van der Waals surface area contributed by atoms with Gasteiger partial charge in [-0.1, -0.05) is 6.58 Å². The van der Waals surface area contributed by atoms with E-state index in [1.807, 2.05) is 0 Å². The summed E-state index contributed by atoms with van der Waals surface area (Å²) in [6.07, 6.45) is 3.13. The molecular formula is C9H9NO4. The second-order valence-electron chi connectivity index (χ2n) is 2.03. The summed E-state index contributed by atoms with van der Waals surface area (Å²) < 4.78 is 8.97. The van der Waals surface area contributed by atoms with Crippen LogP contribution in [-0.4, -0.2) is 18.5 Å². The predicted octanol–water partition coefficient (Wildman–Crippen LogP) is 0.686. The van der Waals surface area contributed by atoms with Gasteiger partial charge < -0.3 is 9.47 Å². The first-order valence-electron chi connectivity index (χ1n) is 3.71. The fourth-order valence-corrected chi connectivity index (χ4v) is 0.459. The third-order valence-electron chi connectivity index (χ3n) is 1.01. The first-order chi connectivity index (χ1) is 6.70. The smallest absolute Gasteiger partial charge is 0.334 e. The van der Waals surface area contributed by atoms with E-state index in [2.05, 4.69) is 16.1 Å². The molecule has 0 fully saturated rings. The molecule has 0 aromatic heterocycles. The molecular weight excluding hydrogens is 186 g/mol. The summed E-state index contributed by atoms with van der Waals surface area (Å²) >= 11 is 0. The van der Waals surface area contributed by atoms with Gasteiger partial charge in [-0.2, -0.15) is 5.26 Å². The van der Waals surface area contributed by atoms with Gasteiger partial charge in [-0.05, 0) is 6.08 Å². The van der Waals surface area contributed by atoms with Crippen LogP contribution < -0.4 is 0 Å². The van der Waals surface area contributed by atoms with Gasteiger partial charge in [0.05, 0.1) is 12.3 Å². The van der Waals surface area contributed by atoms with Crippen LogP contribution >= 0.6 is 0 Å². The summed E-state index contributed by atoms with van der Waals surface area (Å²) in [5.41, 5.74) is 0. The van der Waals surface area contributed by atoms with Gasteiger partial charge in [-0.25, -0.2) is 4.79 Å². The molecule has 0 aliphatic heterocycles. The molecule has 0 atom stereocenters. The summed E-state index contributed by atoms with van der Waals surface area (Å²) in [5, 5.41) is 8.09. The van der Waals surface area contributed by atoms with Crippen LogP contribution in [0.3, 0.4) is 0 Å². The highest BCUT2D eigenvalue weighted by atomic mass is 16.5. The van der Waals surface area contributed by atoms with Crippen molar-refractivity contribution >= 4 is 11.9 Å². The van der Waals surface area contributed by atoms with Crippen LogP contribution in [-0.2, 0) is 19.1 Å². The number of carbonyl (C=O) groups is 2. The van der Waals surface area contributed by atoms with Gasteiger partial charge in [0.1, 0.15) is 13.0 Å². The normalized spacial score (nSPS) is 9.07. The Balaban J connectivity index is 3.54. The minimum Gasteiger partial charge on any atom is -0.461 e. The van der Waals surface area contributed by atoms with Crippen molar-refractivity contribution < 1.29 is 19.1 Å². The van der Waals surface area contributed by atoms with Crippen LogP contribution in [0.2, 0.25) is 0 Å². The van der Waals surface area contributed by atoms with Gasteiger partial charge in [0.25, 0.3) is 0 Å². The molecule has 0 N–H and O–H groups in total. The standard InChI is InChI=1S/C9H9NO4/c1-2-8(11)13-6-3-7-14-9(12)4-5-10/h2-3,6H,1,4,7H2. The monoisotopic (exact) mass is 195 g/mol. The molecule has 0 rings (SSSR count).